The van der Waals surface area contributed by atoms with E-state index in [2.05, 4.69) is 10.6 Å². The third-order valence-electron chi connectivity index (χ3n) is 3.83. The number of ether oxygens (including phenoxy) is 2. The lowest BCUT2D eigenvalue weighted by Gasteiger charge is -2.11. The maximum absolute atomic E-state index is 12.2. The highest BCUT2D eigenvalue weighted by molar-refractivity contribution is 7.90. The van der Waals surface area contributed by atoms with E-state index in [1.54, 1.807) is 31.2 Å². The number of hydrogen-bond donors (Lipinski definition) is 2. The SMILES string of the molecule is CCOc1ccccc1C(=O)NCC(=O)OCC(=O)Nc1cc(S(C)(=O)=O)ccc1Cl. The monoisotopic (exact) mass is 468 g/mol. The van der Waals surface area contributed by atoms with Crippen LogP contribution < -0.4 is 15.4 Å². The molecule has 2 aromatic rings. The van der Waals surface area contributed by atoms with Crippen molar-refractivity contribution in [3.63, 3.8) is 0 Å². The van der Waals surface area contributed by atoms with Crippen LogP contribution in [0.3, 0.4) is 0 Å². The van der Waals surface area contributed by atoms with Crippen LogP contribution in [-0.2, 0) is 24.2 Å². The molecule has 0 unspecified atom stereocenters. The molecule has 0 aromatic heterocycles. The average Bonchev–Trinajstić information content (AvgIpc) is 2.72. The van der Waals surface area contributed by atoms with Crippen molar-refractivity contribution >= 4 is 44.9 Å². The van der Waals surface area contributed by atoms with Gasteiger partial charge < -0.3 is 20.1 Å². The number of amides is 2. The topological polar surface area (TPSA) is 128 Å². The van der Waals surface area contributed by atoms with Gasteiger partial charge in [0, 0.05) is 6.26 Å². The number of halogens is 1. The van der Waals surface area contributed by atoms with E-state index in [-0.39, 0.29) is 21.2 Å². The third-order valence-corrected chi connectivity index (χ3v) is 5.27. The Kier molecular flexibility index (Phi) is 8.40. The van der Waals surface area contributed by atoms with Gasteiger partial charge in [-0.15, -0.1) is 0 Å². The molecule has 0 radical (unpaired) electrons. The molecular formula is C20H21ClN2O7S. The summed E-state index contributed by atoms with van der Waals surface area (Å²) < 4.78 is 33.4. The number of anilines is 1. The van der Waals surface area contributed by atoms with Crippen LogP contribution in [0.4, 0.5) is 5.69 Å². The van der Waals surface area contributed by atoms with E-state index in [1.807, 2.05) is 0 Å². The van der Waals surface area contributed by atoms with Gasteiger partial charge in [0.15, 0.2) is 16.4 Å². The van der Waals surface area contributed by atoms with Gasteiger partial charge in [-0.1, -0.05) is 23.7 Å². The zero-order chi connectivity index (χ0) is 23.0. The number of benzene rings is 2. The summed E-state index contributed by atoms with van der Waals surface area (Å²) in [4.78, 5) is 36.1. The van der Waals surface area contributed by atoms with Crippen LogP contribution in [0.25, 0.3) is 0 Å². The molecule has 11 heteroatoms. The van der Waals surface area contributed by atoms with Crippen LogP contribution in [0.5, 0.6) is 5.75 Å². The first-order chi connectivity index (χ1) is 14.6. The number of para-hydroxylation sites is 1. The Morgan fingerprint density at radius 2 is 1.81 bits per heavy atom. The maximum atomic E-state index is 12.2. The summed E-state index contributed by atoms with van der Waals surface area (Å²) in [6.07, 6.45) is 1.02. The smallest absolute Gasteiger partial charge is 0.325 e. The fourth-order valence-corrected chi connectivity index (χ4v) is 3.21. The molecule has 2 aromatic carbocycles. The van der Waals surface area contributed by atoms with Crippen molar-refractivity contribution in [2.24, 2.45) is 0 Å². The van der Waals surface area contributed by atoms with Crippen molar-refractivity contribution < 1.29 is 32.3 Å². The van der Waals surface area contributed by atoms with Crippen LogP contribution >= 0.6 is 11.6 Å². The first kappa shape index (κ1) is 24.2. The molecule has 166 valence electrons. The minimum absolute atomic E-state index is 0.0285. The van der Waals surface area contributed by atoms with Gasteiger partial charge in [0.1, 0.15) is 12.3 Å². The van der Waals surface area contributed by atoms with Crippen molar-refractivity contribution in [1.29, 1.82) is 0 Å². The molecule has 0 saturated heterocycles. The van der Waals surface area contributed by atoms with Crippen LogP contribution in [-0.4, -0.2) is 52.2 Å². The van der Waals surface area contributed by atoms with Gasteiger partial charge in [-0.25, -0.2) is 8.42 Å². The molecular weight excluding hydrogens is 448 g/mol. The van der Waals surface area contributed by atoms with E-state index < -0.39 is 40.8 Å². The Morgan fingerprint density at radius 3 is 2.48 bits per heavy atom. The molecule has 31 heavy (non-hydrogen) atoms. The molecule has 0 saturated carbocycles. The van der Waals surface area contributed by atoms with Gasteiger partial charge in [0.2, 0.25) is 0 Å². The fourth-order valence-electron chi connectivity index (χ4n) is 2.40. The summed E-state index contributed by atoms with van der Waals surface area (Å²) >= 11 is 5.96. The second-order valence-corrected chi connectivity index (χ2v) is 8.66. The van der Waals surface area contributed by atoms with E-state index in [4.69, 9.17) is 21.1 Å². The van der Waals surface area contributed by atoms with Crippen LogP contribution in [0, 0.1) is 0 Å². The van der Waals surface area contributed by atoms with Gasteiger partial charge in [-0.05, 0) is 37.3 Å². The highest BCUT2D eigenvalue weighted by Crippen LogP contribution is 2.25. The third kappa shape index (κ3) is 7.26. The number of hydrogen-bond acceptors (Lipinski definition) is 7. The molecule has 0 aliphatic carbocycles. The number of esters is 1. The Morgan fingerprint density at radius 1 is 1.10 bits per heavy atom. The summed E-state index contributed by atoms with van der Waals surface area (Å²) in [7, 11) is -3.49. The lowest BCUT2D eigenvalue weighted by Crippen LogP contribution is -2.32. The average molecular weight is 469 g/mol. The van der Waals surface area contributed by atoms with Gasteiger partial charge in [0.05, 0.1) is 27.8 Å². The number of nitrogens with one attached hydrogen (secondary N) is 2. The number of sulfone groups is 1. The van der Waals surface area contributed by atoms with E-state index >= 15 is 0 Å². The molecule has 0 spiro atoms. The highest BCUT2D eigenvalue weighted by Gasteiger charge is 2.16. The summed E-state index contributed by atoms with van der Waals surface area (Å²) in [6.45, 7) is 1.04. The molecule has 2 N–H and O–H groups in total. The summed E-state index contributed by atoms with van der Waals surface area (Å²) in [5, 5.41) is 4.88. The molecule has 9 nitrogen and oxygen atoms in total. The van der Waals surface area contributed by atoms with Crippen LogP contribution in [0.1, 0.15) is 17.3 Å². The van der Waals surface area contributed by atoms with Crippen LogP contribution in [0.2, 0.25) is 5.02 Å². The number of carbonyl (C=O) groups is 3. The van der Waals surface area contributed by atoms with E-state index in [0.717, 1.165) is 6.26 Å². The molecule has 2 rings (SSSR count). The van der Waals surface area contributed by atoms with E-state index in [9.17, 15) is 22.8 Å². The molecule has 0 atom stereocenters. The van der Waals surface area contributed by atoms with E-state index in [1.165, 1.54) is 18.2 Å². The minimum Gasteiger partial charge on any atom is -0.493 e. The van der Waals surface area contributed by atoms with Gasteiger partial charge in [-0.2, -0.15) is 0 Å². The first-order valence-electron chi connectivity index (χ1n) is 9.07. The van der Waals surface area contributed by atoms with Crippen molar-refractivity contribution in [3.05, 3.63) is 53.1 Å². The van der Waals surface area contributed by atoms with Crippen molar-refractivity contribution in [2.75, 3.05) is 31.3 Å². The molecule has 2 amide bonds. The first-order valence-corrected chi connectivity index (χ1v) is 11.3. The van der Waals surface area contributed by atoms with Gasteiger partial charge >= 0.3 is 5.97 Å². The van der Waals surface area contributed by atoms with Crippen molar-refractivity contribution in [3.8, 4) is 5.75 Å². The summed E-state index contributed by atoms with van der Waals surface area (Å²) in [6, 6.07) is 10.4. The zero-order valence-electron chi connectivity index (χ0n) is 16.8. The predicted molar refractivity (Wildman–Crippen MR) is 114 cm³/mol. The molecule has 0 aliphatic heterocycles. The summed E-state index contributed by atoms with van der Waals surface area (Å²) in [5.74, 6) is -1.72. The van der Waals surface area contributed by atoms with Gasteiger partial charge in [0.25, 0.3) is 11.8 Å². The highest BCUT2D eigenvalue weighted by atomic mass is 35.5. The Balaban J connectivity index is 1.87. The second kappa shape index (κ2) is 10.8. The minimum atomic E-state index is -3.49. The summed E-state index contributed by atoms with van der Waals surface area (Å²) in [5.41, 5.74) is 0.321. The quantitative estimate of drug-likeness (QED) is 0.539. The number of carbonyl (C=O) groups excluding carboxylic acids is 3. The molecule has 0 aliphatic rings. The Bertz CT molecular complexity index is 1090. The lowest BCUT2D eigenvalue weighted by atomic mass is 10.2. The normalized spacial score (nSPS) is 10.8. The standard InChI is InChI=1S/C20H21ClN2O7S/c1-3-29-17-7-5-4-6-14(17)20(26)22-11-19(25)30-12-18(24)23-16-10-13(31(2,27)28)8-9-15(16)21/h4-10H,3,11-12H2,1-2H3,(H,22,26)(H,23,24). The zero-order valence-corrected chi connectivity index (χ0v) is 18.4. The van der Waals surface area contributed by atoms with Crippen LogP contribution in [0.15, 0.2) is 47.4 Å². The number of rotatable bonds is 9. The van der Waals surface area contributed by atoms with Gasteiger partial charge in [-0.3, -0.25) is 14.4 Å². The predicted octanol–water partition coefficient (Wildman–Crippen LogP) is 2.05. The molecule has 0 fully saturated rings. The fraction of sp³-hybridized carbons (Fsp3) is 0.250. The largest absolute Gasteiger partial charge is 0.493 e. The lowest BCUT2D eigenvalue weighted by molar-refractivity contribution is -0.146. The molecule has 0 heterocycles. The van der Waals surface area contributed by atoms with Crippen molar-refractivity contribution in [1.82, 2.24) is 5.32 Å². The Hall–Kier alpha value is -3.11. The molecule has 0 bridgehead atoms. The second-order valence-electron chi connectivity index (χ2n) is 6.23. The Labute approximate surface area is 184 Å². The maximum Gasteiger partial charge on any atom is 0.325 e. The van der Waals surface area contributed by atoms with Crippen molar-refractivity contribution in [2.45, 2.75) is 11.8 Å². The van der Waals surface area contributed by atoms with E-state index in [0.29, 0.717) is 12.4 Å².